The molecule has 6 heteroatoms. The largest absolute Gasteiger partial charge is 0.465 e. The van der Waals surface area contributed by atoms with E-state index in [4.69, 9.17) is 10.3 Å². The van der Waals surface area contributed by atoms with Gasteiger partial charge in [-0.1, -0.05) is 15.9 Å². The van der Waals surface area contributed by atoms with Crippen LogP contribution in [-0.2, 0) is 5.75 Å². The lowest BCUT2D eigenvalue weighted by Crippen LogP contribution is -2.30. The van der Waals surface area contributed by atoms with Crippen molar-refractivity contribution in [2.75, 3.05) is 0 Å². The fraction of sp³-hybridized carbons (Fsp3) is 0.154. The van der Waals surface area contributed by atoms with Gasteiger partial charge in [0.2, 0.25) is 0 Å². The van der Waals surface area contributed by atoms with Crippen LogP contribution in [0.1, 0.15) is 21.9 Å². The molecule has 1 heterocycles. The summed E-state index contributed by atoms with van der Waals surface area (Å²) in [6.45, 7) is 1.75. The molecule has 0 aliphatic rings. The fourth-order valence-corrected chi connectivity index (χ4v) is 2.65. The van der Waals surface area contributed by atoms with Crippen LogP contribution in [0.5, 0.6) is 0 Å². The first-order valence-electron chi connectivity index (χ1n) is 5.59. The number of hydrazine groups is 1. The number of amides is 1. The van der Waals surface area contributed by atoms with Crippen LogP contribution in [0.25, 0.3) is 0 Å². The van der Waals surface area contributed by atoms with E-state index in [1.807, 2.05) is 24.3 Å². The summed E-state index contributed by atoms with van der Waals surface area (Å²) in [5.74, 6) is 6.78. The summed E-state index contributed by atoms with van der Waals surface area (Å²) in [5.41, 5.74) is 2.58. The summed E-state index contributed by atoms with van der Waals surface area (Å²) in [6, 6.07) is 9.76. The highest BCUT2D eigenvalue weighted by atomic mass is 79.9. The molecule has 0 aliphatic carbocycles. The van der Waals surface area contributed by atoms with Crippen molar-refractivity contribution >= 4 is 33.6 Å². The van der Waals surface area contributed by atoms with Gasteiger partial charge in [-0.25, -0.2) is 5.84 Å². The van der Waals surface area contributed by atoms with Crippen molar-refractivity contribution in [1.82, 2.24) is 5.43 Å². The van der Waals surface area contributed by atoms with Crippen molar-refractivity contribution in [3.8, 4) is 0 Å². The van der Waals surface area contributed by atoms with E-state index in [1.165, 1.54) is 0 Å². The predicted molar refractivity (Wildman–Crippen MR) is 78.8 cm³/mol. The van der Waals surface area contributed by atoms with Gasteiger partial charge in [0, 0.05) is 9.37 Å². The lowest BCUT2D eigenvalue weighted by atomic mass is 10.2. The Bertz CT molecular complexity index is 581. The van der Waals surface area contributed by atoms with Gasteiger partial charge in [-0.05, 0) is 37.3 Å². The van der Waals surface area contributed by atoms with E-state index < -0.39 is 0 Å². The Hall–Kier alpha value is -1.24. The first kappa shape index (κ1) is 14.2. The Balaban J connectivity index is 2.04. The highest BCUT2D eigenvalue weighted by molar-refractivity contribution is 9.10. The van der Waals surface area contributed by atoms with Gasteiger partial charge in [0.05, 0.1) is 11.3 Å². The van der Waals surface area contributed by atoms with Crippen molar-refractivity contribution in [3.05, 3.63) is 51.9 Å². The number of benzene rings is 1. The minimum atomic E-state index is -0.332. The smallest absolute Gasteiger partial charge is 0.268 e. The van der Waals surface area contributed by atoms with Crippen LogP contribution in [0, 0.1) is 6.92 Å². The van der Waals surface area contributed by atoms with Crippen molar-refractivity contribution < 1.29 is 9.21 Å². The molecule has 2 aromatic rings. The zero-order valence-corrected chi connectivity index (χ0v) is 12.7. The number of halogens is 1. The van der Waals surface area contributed by atoms with Gasteiger partial charge in [-0.2, -0.15) is 0 Å². The Morgan fingerprint density at radius 3 is 2.74 bits per heavy atom. The van der Waals surface area contributed by atoms with E-state index in [0.717, 1.165) is 15.1 Å². The molecule has 0 atom stereocenters. The van der Waals surface area contributed by atoms with Gasteiger partial charge in [0.1, 0.15) is 11.5 Å². The normalized spacial score (nSPS) is 10.5. The first-order chi connectivity index (χ1) is 9.10. The number of furan rings is 1. The van der Waals surface area contributed by atoms with E-state index in [9.17, 15) is 4.79 Å². The Kier molecular flexibility index (Phi) is 4.68. The lowest BCUT2D eigenvalue weighted by Gasteiger charge is -1.99. The maximum atomic E-state index is 11.5. The van der Waals surface area contributed by atoms with Gasteiger partial charge < -0.3 is 4.42 Å². The van der Waals surface area contributed by atoms with E-state index in [2.05, 4.69) is 21.4 Å². The van der Waals surface area contributed by atoms with Crippen molar-refractivity contribution in [1.29, 1.82) is 0 Å². The quantitative estimate of drug-likeness (QED) is 0.388. The molecule has 0 saturated carbocycles. The summed E-state index contributed by atoms with van der Waals surface area (Å²) in [6.07, 6.45) is 0. The number of carbonyl (C=O) groups is 1. The van der Waals surface area contributed by atoms with Crippen molar-refractivity contribution in [3.63, 3.8) is 0 Å². The van der Waals surface area contributed by atoms with E-state index in [1.54, 1.807) is 24.8 Å². The SMILES string of the molecule is Cc1oc(CSc2ccc(Br)cc2)cc1C(=O)NN. The molecule has 0 spiro atoms. The van der Waals surface area contributed by atoms with Crippen LogP contribution in [-0.4, -0.2) is 5.91 Å². The van der Waals surface area contributed by atoms with Crippen LogP contribution in [0.3, 0.4) is 0 Å². The minimum absolute atomic E-state index is 0.332. The number of rotatable bonds is 4. The molecule has 0 aliphatic heterocycles. The molecule has 0 unspecified atom stereocenters. The number of carbonyl (C=O) groups excluding carboxylic acids is 1. The Morgan fingerprint density at radius 2 is 2.11 bits per heavy atom. The number of hydrogen-bond acceptors (Lipinski definition) is 4. The van der Waals surface area contributed by atoms with Crippen LogP contribution >= 0.6 is 27.7 Å². The van der Waals surface area contributed by atoms with E-state index in [-0.39, 0.29) is 5.91 Å². The average molecular weight is 341 g/mol. The lowest BCUT2D eigenvalue weighted by molar-refractivity contribution is 0.0952. The van der Waals surface area contributed by atoms with E-state index in [0.29, 0.717) is 17.1 Å². The molecular weight excluding hydrogens is 328 g/mol. The number of nitrogens with one attached hydrogen (secondary N) is 1. The van der Waals surface area contributed by atoms with Crippen molar-refractivity contribution in [2.45, 2.75) is 17.6 Å². The van der Waals surface area contributed by atoms with Crippen LogP contribution in [0.2, 0.25) is 0 Å². The summed E-state index contributed by atoms with van der Waals surface area (Å²) < 4.78 is 6.59. The molecule has 2 rings (SSSR count). The highest BCUT2D eigenvalue weighted by Gasteiger charge is 2.13. The molecule has 1 aromatic carbocycles. The molecule has 19 heavy (non-hydrogen) atoms. The van der Waals surface area contributed by atoms with Gasteiger partial charge in [0.25, 0.3) is 5.91 Å². The number of aryl methyl sites for hydroxylation is 1. The molecule has 100 valence electrons. The molecule has 1 amide bonds. The zero-order valence-electron chi connectivity index (χ0n) is 10.3. The summed E-state index contributed by atoms with van der Waals surface area (Å²) in [5, 5.41) is 0. The van der Waals surface area contributed by atoms with Gasteiger partial charge >= 0.3 is 0 Å². The topological polar surface area (TPSA) is 68.3 Å². The molecule has 1 aromatic heterocycles. The maximum Gasteiger partial charge on any atom is 0.268 e. The third kappa shape index (κ3) is 3.62. The number of hydrogen-bond donors (Lipinski definition) is 2. The summed E-state index contributed by atoms with van der Waals surface area (Å²) in [4.78, 5) is 12.6. The number of thioether (sulfide) groups is 1. The standard InChI is InChI=1S/C13H13BrN2O2S/c1-8-12(13(17)16-15)6-10(18-8)7-19-11-4-2-9(14)3-5-11/h2-6H,7,15H2,1H3,(H,16,17). The highest BCUT2D eigenvalue weighted by Crippen LogP contribution is 2.26. The summed E-state index contributed by atoms with van der Waals surface area (Å²) in [7, 11) is 0. The average Bonchev–Trinajstić information content (AvgIpc) is 2.78. The summed E-state index contributed by atoms with van der Waals surface area (Å²) >= 11 is 5.04. The third-order valence-corrected chi connectivity index (χ3v) is 4.10. The Labute approximate surface area is 123 Å². The molecule has 0 saturated heterocycles. The predicted octanol–water partition coefficient (Wildman–Crippen LogP) is 3.25. The van der Waals surface area contributed by atoms with Crippen LogP contribution in [0.15, 0.2) is 44.1 Å². The maximum absolute atomic E-state index is 11.5. The second-order valence-corrected chi connectivity index (χ2v) is 5.86. The second-order valence-electron chi connectivity index (χ2n) is 3.90. The van der Waals surface area contributed by atoms with E-state index >= 15 is 0 Å². The number of nitrogen functional groups attached to an aromatic ring is 1. The molecular formula is C13H13BrN2O2S. The van der Waals surface area contributed by atoms with Gasteiger partial charge in [-0.3, -0.25) is 10.2 Å². The van der Waals surface area contributed by atoms with Crippen molar-refractivity contribution in [2.24, 2.45) is 5.84 Å². The van der Waals surface area contributed by atoms with Crippen LogP contribution < -0.4 is 11.3 Å². The van der Waals surface area contributed by atoms with Gasteiger partial charge in [-0.15, -0.1) is 11.8 Å². The first-order valence-corrected chi connectivity index (χ1v) is 7.36. The fourth-order valence-electron chi connectivity index (χ4n) is 1.60. The molecule has 4 nitrogen and oxygen atoms in total. The minimum Gasteiger partial charge on any atom is -0.465 e. The second kappa shape index (κ2) is 6.27. The monoisotopic (exact) mass is 340 g/mol. The molecule has 0 fully saturated rings. The molecule has 3 N–H and O–H groups in total. The van der Waals surface area contributed by atoms with Gasteiger partial charge in [0.15, 0.2) is 0 Å². The van der Waals surface area contributed by atoms with Crippen LogP contribution in [0.4, 0.5) is 0 Å². The zero-order chi connectivity index (χ0) is 13.8. The molecule has 0 radical (unpaired) electrons. The Morgan fingerprint density at radius 1 is 1.42 bits per heavy atom. The third-order valence-electron chi connectivity index (χ3n) is 2.54. The molecule has 0 bridgehead atoms. The number of nitrogens with two attached hydrogens (primary N) is 1.